The molecule has 7 heteroatoms. The topological polar surface area (TPSA) is 80.5 Å². The monoisotopic (exact) mass is 312 g/mol. The van der Waals surface area contributed by atoms with E-state index in [1.54, 1.807) is 5.38 Å². The summed E-state index contributed by atoms with van der Waals surface area (Å²) in [6.45, 7) is 8.14. The second kappa shape index (κ2) is 7.84. The molecule has 1 aromatic heterocycles. The van der Waals surface area contributed by atoms with Crippen molar-refractivity contribution in [2.24, 2.45) is 5.73 Å². The first kappa shape index (κ1) is 16.4. The molecule has 2 atom stereocenters. The lowest BCUT2D eigenvalue weighted by molar-refractivity contribution is -0.0679. The fourth-order valence-corrected chi connectivity index (χ4v) is 3.23. The quantitative estimate of drug-likeness (QED) is 0.761. The van der Waals surface area contributed by atoms with E-state index < -0.39 is 0 Å². The Hall–Kier alpha value is -1.02. The molecule has 0 aliphatic carbocycles. The van der Waals surface area contributed by atoms with E-state index in [4.69, 9.17) is 10.5 Å². The maximum atomic E-state index is 11.9. The molecule has 0 bridgehead atoms. The molecule has 1 aliphatic heterocycles. The minimum absolute atomic E-state index is 0.116. The first-order chi connectivity index (χ1) is 10.1. The molecule has 6 nitrogen and oxygen atoms in total. The SMILES string of the molecule is CC1CN(CCCNC(=O)c2csc(CN)n2)CC(C)O1. The Morgan fingerprint density at radius 3 is 2.86 bits per heavy atom. The van der Waals surface area contributed by atoms with E-state index in [2.05, 4.69) is 29.0 Å². The first-order valence-electron chi connectivity index (χ1n) is 7.39. The number of amides is 1. The summed E-state index contributed by atoms with van der Waals surface area (Å²) in [7, 11) is 0. The van der Waals surface area contributed by atoms with Gasteiger partial charge in [0, 0.05) is 38.1 Å². The van der Waals surface area contributed by atoms with Crippen LogP contribution in [0, 0.1) is 0 Å². The van der Waals surface area contributed by atoms with Gasteiger partial charge in [-0.25, -0.2) is 4.98 Å². The fraction of sp³-hybridized carbons (Fsp3) is 0.714. The standard InChI is InChI=1S/C14H24N4O2S/c1-10-7-18(8-11(2)20-10)5-3-4-16-14(19)12-9-21-13(6-15)17-12/h9-11H,3-8,15H2,1-2H3,(H,16,19). The number of hydrogen-bond acceptors (Lipinski definition) is 6. The molecule has 3 N–H and O–H groups in total. The van der Waals surface area contributed by atoms with Gasteiger partial charge in [0.15, 0.2) is 0 Å². The van der Waals surface area contributed by atoms with Crippen LogP contribution < -0.4 is 11.1 Å². The van der Waals surface area contributed by atoms with Gasteiger partial charge in [-0.05, 0) is 20.3 Å². The van der Waals surface area contributed by atoms with Crippen LogP contribution in [0.4, 0.5) is 0 Å². The molecule has 1 amide bonds. The number of rotatable bonds is 6. The van der Waals surface area contributed by atoms with Crippen molar-refractivity contribution in [2.75, 3.05) is 26.2 Å². The maximum Gasteiger partial charge on any atom is 0.270 e. The summed E-state index contributed by atoms with van der Waals surface area (Å²) in [6.07, 6.45) is 1.50. The predicted octanol–water partition coefficient (Wildman–Crippen LogP) is 0.831. The lowest BCUT2D eigenvalue weighted by atomic mass is 10.2. The Morgan fingerprint density at radius 2 is 2.24 bits per heavy atom. The predicted molar refractivity (Wildman–Crippen MR) is 83.4 cm³/mol. The number of thiazole rings is 1. The van der Waals surface area contributed by atoms with Gasteiger partial charge in [-0.15, -0.1) is 11.3 Å². The van der Waals surface area contributed by atoms with Crippen LogP contribution in [0.2, 0.25) is 0 Å². The van der Waals surface area contributed by atoms with Gasteiger partial charge in [-0.2, -0.15) is 0 Å². The number of carbonyl (C=O) groups is 1. The number of ether oxygens (including phenoxy) is 1. The summed E-state index contributed by atoms with van der Waals surface area (Å²) in [4.78, 5) is 18.4. The third kappa shape index (κ3) is 5.03. The maximum absolute atomic E-state index is 11.9. The molecule has 1 aromatic rings. The molecule has 2 heterocycles. The van der Waals surface area contributed by atoms with Gasteiger partial charge >= 0.3 is 0 Å². The Labute approximate surface area is 129 Å². The molecule has 1 saturated heterocycles. The zero-order chi connectivity index (χ0) is 15.2. The van der Waals surface area contributed by atoms with Gasteiger partial charge in [0.05, 0.1) is 12.2 Å². The highest BCUT2D eigenvalue weighted by Gasteiger charge is 2.21. The average Bonchev–Trinajstić information content (AvgIpc) is 2.91. The molecule has 0 aromatic carbocycles. The number of aromatic nitrogens is 1. The molecule has 2 unspecified atom stereocenters. The molecular weight excluding hydrogens is 288 g/mol. The van der Waals surface area contributed by atoms with Crippen molar-refractivity contribution in [1.82, 2.24) is 15.2 Å². The van der Waals surface area contributed by atoms with Crippen molar-refractivity contribution in [3.63, 3.8) is 0 Å². The molecule has 0 radical (unpaired) electrons. The van der Waals surface area contributed by atoms with Crippen molar-refractivity contribution >= 4 is 17.2 Å². The van der Waals surface area contributed by atoms with E-state index in [0.29, 0.717) is 18.8 Å². The Bertz CT molecular complexity index is 456. The number of nitrogens with one attached hydrogen (secondary N) is 1. The zero-order valence-electron chi connectivity index (χ0n) is 12.7. The van der Waals surface area contributed by atoms with Crippen LogP contribution in [0.15, 0.2) is 5.38 Å². The number of hydrogen-bond donors (Lipinski definition) is 2. The minimum atomic E-state index is -0.116. The molecule has 1 fully saturated rings. The van der Waals surface area contributed by atoms with Gasteiger partial charge in [0.2, 0.25) is 0 Å². The number of morpholine rings is 1. The summed E-state index contributed by atoms with van der Waals surface area (Å²) in [5.74, 6) is -0.116. The highest BCUT2D eigenvalue weighted by molar-refractivity contribution is 7.09. The number of nitrogens with two attached hydrogens (primary N) is 1. The first-order valence-corrected chi connectivity index (χ1v) is 8.27. The number of nitrogens with zero attached hydrogens (tertiary/aromatic N) is 2. The minimum Gasteiger partial charge on any atom is -0.373 e. The Morgan fingerprint density at radius 1 is 1.52 bits per heavy atom. The van der Waals surface area contributed by atoms with E-state index >= 15 is 0 Å². The normalized spacial score (nSPS) is 23.2. The van der Waals surface area contributed by atoms with E-state index in [1.807, 2.05) is 0 Å². The molecule has 0 spiro atoms. The van der Waals surface area contributed by atoms with Crippen LogP contribution >= 0.6 is 11.3 Å². The van der Waals surface area contributed by atoms with Crippen molar-refractivity contribution in [3.8, 4) is 0 Å². The van der Waals surface area contributed by atoms with Gasteiger partial charge in [0.25, 0.3) is 5.91 Å². The van der Waals surface area contributed by atoms with E-state index in [0.717, 1.165) is 31.1 Å². The molecule has 0 saturated carbocycles. The van der Waals surface area contributed by atoms with Crippen LogP contribution in [0.3, 0.4) is 0 Å². The van der Waals surface area contributed by atoms with Crippen LogP contribution in [0.1, 0.15) is 35.8 Å². The van der Waals surface area contributed by atoms with Gasteiger partial charge in [0.1, 0.15) is 10.7 Å². The molecular formula is C14H24N4O2S. The van der Waals surface area contributed by atoms with Gasteiger partial charge in [-0.1, -0.05) is 0 Å². The number of carbonyl (C=O) groups excluding carboxylic acids is 1. The second-order valence-electron chi connectivity index (χ2n) is 5.46. The Balaban J connectivity index is 1.66. The zero-order valence-corrected chi connectivity index (χ0v) is 13.5. The lowest BCUT2D eigenvalue weighted by Crippen LogP contribution is -2.46. The van der Waals surface area contributed by atoms with Crippen molar-refractivity contribution in [2.45, 2.75) is 39.0 Å². The van der Waals surface area contributed by atoms with Crippen molar-refractivity contribution < 1.29 is 9.53 Å². The summed E-state index contributed by atoms with van der Waals surface area (Å²) < 4.78 is 5.70. The van der Waals surface area contributed by atoms with Crippen LogP contribution in [-0.4, -0.2) is 54.2 Å². The average molecular weight is 312 g/mol. The molecule has 21 heavy (non-hydrogen) atoms. The fourth-order valence-electron chi connectivity index (χ4n) is 2.57. The molecule has 2 rings (SSSR count). The van der Waals surface area contributed by atoms with E-state index in [9.17, 15) is 4.79 Å². The summed E-state index contributed by atoms with van der Waals surface area (Å²) in [5.41, 5.74) is 5.96. The largest absolute Gasteiger partial charge is 0.373 e. The molecule has 118 valence electrons. The van der Waals surface area contributed by atoms with Crippen LogP contribution in [-0.2, 0) is 11.3 Å². The Kier molecular flexibility index (Phi) is 6.10. The van der Waals surface area contributed by atoms with Crippen LogP contribution in [0.5, 0.6) is 0 Å². The van der Waals surface area contributed by atoms with Gasteiger partial charge in [-0.3, -0.25) is 9.69 Å². The third-order valence-electron chi connectivity index (χ3n) is 3.39. The van der Waals surface area contributed by atoms with Crippen molar-refractivity contribution in [1.29, 1.82) is 0 Å². The second-order valence-corrected chi connectivity index (χ2v) is 6.40. The summed E-state index contributed by atoms with van der Waals surface area (Å²) in [6, 6.07) is 0. The lowest BCUT2D eigenvalue weighted by Gasteiger charge is -2.35. The molecule has 1 aliphatic rings. The van der Waals surface area contributed by atoms with Crippen LogP contribution in [0.25, 0.3) is 0 Å². The smallest absolute Gasteiger partial charge is 0.270 e. The summed E-state index contributed by atoms with van der Waals surface area (Å²) >= 11 is 1.42. The highest BCUT2D eigenvalue weighted by atomic mass is 32.1. The van der Waals surface area contributed by atoms with E-state index in [-0.39, 0.29) is 18.1 Å². The third-order valence-corrected chi connectivity index (χ3v) is 4.26. The highest BCUT2D eigenvalue weighted by Crippen LogP contribution is 2.11. The van der Waals surface area contributed by atoms with Crippen molar-refractivity contribution in [3.05, 3.63) is 16.1 Å². The van der Waals surface area contributed by atoms with E-state index in [1.165, 1.54) is 11.3 Å². The van der Waals surface area contributed by atoms with Gasteiger partial charge < -0.3 is 15.8 Å². The summed E-state index contributed by atoms with van der Waals surface area (Å²) in [5, 5.41) is 5.45.